The van der Waals surface area contributed by atoms with E-state index in [-0.39, 0.29) is 6.04 Å². The molecule has 1 heterocycles. The Kier molecular flexibility index (Phi) is 4.39. The van der Waals surface area contributed by atoms with E-state index in [4.69, 9.17) is 11.6 Å². The molecule has 96 valence electrons. The maximum absolute atomic E-state index is 6.28. The molecular formula is C14H18ClN3. The minimum absolute atomic E-state index is 0.0554. The van der Waals surface area contributed by atoms with Gasteiger partial charge in [-0.2, -0.15) is 0 Å². The Morgan fingerprint density at radius 3 is 2.78 bits per heavy atom. The number of nitrogens with zero attached hydrogens (tertiary/aromatic N) is 2. The van der Waals surface area contributed by atoms with Gasteiger partial charge < -0.3 is 9.88 Å². The lowest BCUT2D eigenvalue weighted by Crippen LogP contribution is -2.23. The molecule has 0 fully saturated rings. The Bertz CT molecular complexity index is 507. The monoisotopic (exact) mass is 263 g/mol. The summed E-state index contributed by atoms with van der Waals surface area (Å²) in [7, 11) is 1.97. The SMILES string of the molecule is CCCNC(c1cn(C)cn1)c1ccccc1Cl. The molecule has 4 heteroatoms. The Morgan fingerprint density at radius 2 is 2.17 bits per heavy atom. The van der Waals surface area contributed by atoms with Gasteiger partial charge in [-0.15, -0.1) is 0 Å². The van der Waals surface area contributed by atoms with Crippen molar-refractivity contribution in [2.24, 2.45) is 7.05 Å². The van der Waals surface area contributed by atoms with Crippen molar-refractivity contribution in [3.8, 4) is 0 Å². The quantitative estimate of drug-likeness (QED) is 0.898. The van der Waals surface area contributed by atoms with Crippen molar-refractivity contribution >= 4 is 11.6 Å². The van der Waals surface area contributed by atoms with Crippen LogP contribution < -0.4 is 5.32 Å². The summed E-state index contributed by atoms with van der Waals surface area (Å²) >= 11 is 6.28. The zero-order chi connectivity index (χ0) is 13.0. The first-order valence-corrected chi connectivity index (χ1v) is 6.56. The van der Waals surface area contributed by atoms with Crippen LogP contribution in [0.4, 0.5) is 0 Å². The molecular weight excluding hydrogens is 246 g/mol. The third-order valence-corrected chi connectivity index (χ3v) is 3.18. The van der Waals surface area contributed by atoms with Crippen molar-refractivity contribution < 1.29 is 0 Å². The Balaban J connectivity index is 2.33. The molecule has 1 atom stereocenters. The fourth-order valence-corrected chi connectivity index (χ4v) is 2.20. The van der Waals surface area contributed by atoms with Crippen LogP contribution in [-0.4, -0.2) is 16.1 Å². The van der Waals surface area contributed by atoms with E-state index in [0.29, 0.717) is 0 Å². The van der Waals surface area contributed by atoms with Gasteiger partial charge in [-0.3, -0.25) is 0 Å². The normalized spacial score (nSPS) is 12.6. The van der Waals surface area contributed by atoms with Crippen LogP contribution in [0.2, 0.25) is 5.02 Å². The van der Waals surface area contributed by atoms with E-state index in [1.807, 2.05) is 48.4 Å². The highest BCUT2D eigenvalue weighted by Gasteiger charge is 2.17. The average Bonchev–Trinajstić information content (AvgIpc) is 2.78. The van der Waals surface area contributed by atoms with Gasteiger partial charge in [0.25, 0.3) is 0 Å². The number of imidazole rings is 1. The molecule has 18 heavy (non-hydrogen) atoms. The van der Waals surface area contributed by atoms with Crippen LogP contribution in [0.5, 0.6) is 0 Å². The second-order valence-corrected chi connectivity index (χ2v) is 4.78. The number of hydrogen-bond acceptors (Lipinski definition) is 2. The largest absolute Gasteiger partial charge is 0.340 e. The van der Waals surface area contributed by atoms with E-state index in [1.54, 1.807) is 0 Å². The van der Waals surface area contributed by atoms with Crippen molar-refractivity contribution in [1.82, 2.24) is 14.9 Å². The van der Waals surface area contributed by atoms with E-state index >= 15 is 0 Å². The predicted molar refractivity (Wildman–Crippen MR) is 74.8 cm³/mol. The van der Waals surface area contributed by atoms with Gasteiger partial charge in [-0.1, -0.05) is 36.7 Å². The molecule has 0 radical (unpaired) electrons. The van der Waals surface area contributed by atoms with Crippen molar-refractivity contribution in [3.63, 3.8) is 0 Å². The first-order chi connectivity index (χ1) is 8.72. The van der Waals surface area contributed by atoms with Crippen LogP contribution in [0.1, 0.15) is 30.6 Å². The van der Waals surface area contributed by atoms with Crippen molar-refractivity contribution in [2.45, 2.75) is 19.4 Å². The van der Waals surface area contributed by atoms with Gasteiger partial charge in [-0.25, -0.2) is 4.98 Å². The fraction of sp³-hybridized carbons (Fsp3) is 0.357. The molecule has 1 aromatic heterocycles. The Labute approximate surface area is 113 Å². The second kappa shape index (κ2) is 6.03. The predicted octanol–water partition coefficient (Wildman–Crippen LogP) is 3.16. The van der Waals surface area contributed by atoms with Gasteiger partial charge in [0.1, 0.15) is 0 Å². The second-order valence-electron chi connectivity index (χ2n) is 4.37. The number of aromatic nitrogens is 2. The smallest absolute Gasteiger partial charge is 0.0947 e. The van der Waals surface area contributed by atoms with Crippen LogP contribution in [-0.2, 0) is 7.05 Å². The van der Waals surface area contributed by atoms with Crippen LogP contribution in [0.15, 0.2) is 36.8 Å². The Hall–Kier alpha value is -1.32. The lowest BCUT2D eigenvalue weighted by atomic mass is 10.0. The van der Waals surface area contributed by atoms with Gasteiger partial charge in [0.15, 0.2) is 0 Å². The topological polar surface area (TPSA) is 29.9 Å². The fourth-order valence-electron chi connectivity index (χ4n) is 1.95. The van der Waals surface area contributed by atoms with Crippen LogP contribution in [0.3, 0.4) is 0 Å². The van der Waals surface area contributed by atoms with E-state index in [9.17, 15) is 0 Å². The summed E-state index contributed by atoms with van der Waals surface area (Å²) in [5.74, 6) is 0. The van der Waals surface area contributed by atoms with E-state index < -0.39 is 0 Å². The summed E-state index contributed by atoms with van der Waals surface area (Å²) in [6, 6.07) is 7.97. The molecule has 3 nitrogen and oxygen atoms in total. The minimum atomic E-state index is 0.0554. The van der Waals surface area contributed by atoms with Crippen LogP contribution >= 0.6 is 11.6 Å². The number of rotatable bonds is 5. The average molecular weight is 264 g/mol. The maximum atomic E-state index is 6.28. The molecule has 0 spiro atoms. The highest BCUT2D eigenvalue weighted by Crippen LogP contribution is 2.27. The molecule has 0 aliphatic rings. The highest BCUT2D eigenvalue weighted by molar-refractivity contribution is 6.31. The maximum Gasteiger partial charge on any atom is 0.0947 e. The third kappa shape index (κ3) is 2.92. The van der Waals surface area contributed by atoms with Crippen LogP contribution in [0, 0.1) is 0 Å². The number of aryl methyl sites for hydroxylation is 1. The zero-order valence-corrected chi connectivity index (χ0v) is 11.5. The van der Waals surface area contributed by atoms with Gasteiger partial charge in [-0.05, 0) is 24.6 Å². The lowest BCUT2D eigenvalue weighted by Gasteiger charge is -2.18. The van der Waals surface area contributed by atoms with Gasteiger partial charge in [0.05, 0.1) is 18.1 Å². The van der Waals surface area contributed by atoms with Gasteiger partial charge in [0, 0.05) is 18.3 Å². The summed E-state index contributed by atoms with van der Waals surface area (Å²) in [5, 5.41) is 4.27. The van der Waals surface area contributed by atoms with Crippen molar-refractivity contribution in [2.75, 3.05) is 6.54 Å². The molecule has 0 saturated carbocycles. The molecule has 0 bridgehead atoms. The number of benzene rings is 1. The molecule has 2 aromatic rings. The van der Waals surface area contributed by atoms with Gasteiger partial charge >= 0.3 is 0 Å². The van der Waals surface area contributed by atoms with E-state index in [2.05, 4.69) is 17.2 Å². The summed E-state index contributed by atoms with van der Waals surface area (Å²) < 4.78 is 1.95. The highest BCUT2D eigenvalue weighted by atomic mass is 35.5. The standard InChI is InChI=1S/C14H18ClN3/c1-3-8-16-14(13-9-18(2)10-17-13)11-6-4-5-7-12(11)15/h4-7,9-10,14,16H,3,8H2,1-2H3. The summed E-state index contributed by atoms with van der Waals surface area (Å²) in [4.78, 5) is 4.43. The zero-order valence-electron chi connectivity index (χ0n) is 10.7. The summed E-state index contributed by atoms with van der Waals surface area (Å²) in [6.07, 6.45) is 4.91. The molecule has 1 aromatic carbocycles. The lowest BCUT2D eigenvalue weighted by molar-refractivity contribution is 0.588. The molecule has 1 unspecified atom stereocenters. The summed E-state index contributed by atoms with van der Waals surface area (Å²) in [6.45, 7) is 3.08. The molecule has 0 aliphatic carbocycles. The Morgan fingerprint density at radius 1 is 1.39 bits per heavy atom. The molecule has 0 saturated heterocycles. The van der Waals surface area contributed by atoms with Crippen molar-refractivity contribution in [3.05, 3.63) is 53.1 Å². The number of nitrogens with one attached hydrogen (secondary N) is 1. The molecule has 0 aliphatic heterocycles. The van der Waals surface area contributed by atoms with Crippen molar-refractivity contribution in [1.29, 1.82) is 0 Å². The summed E-state index contributed by atoms with van der Waals surface area (Å²) in [5.41, 5.74) is 2.07. The number of hydrogen-bond donors (Lipinski definition) is 1. The van der Waals surface area contributed by atoms with Gasteiger partial charge in [0.2, 0.25) is 0 Å². The first kappa shape index (κ1) is 13.1. The molecule has 0 amide bonds. The first-order valence-electron chi connectivity index (χ1n) is 6.18. The van der Waals surface area contributed by atoms with Crippen LogP contribution in [0.25, 0.3) is 0 Å². The van der Waals surface area contributed by atoms with E-state index in [1.165, 1.54) is 0 Å². The molecule has 1 N–H and O–H groups in total. The minimum Gasteiger partial charge on any atom is -0.340 e. The van der Waals surface area contributed by atoms with E-state index in [0.717, 1.165) is 29.2 Å². The number of halogens is 1. The molecule has 2 rings (SSSR count). The third-order valence-electron chi connectivity index (χ3n) is 2.84.